The van der Waals surface area contributed by atoms with Gasteiger partial charge in [-0.3, -0.25) is 0 Å². The van der Waals surface area contributed by atoms with Gasteiger partial charge in [-0.2, -0.15) is 0 Å². The lowest BCUT2D eigenvalue weighted by atomic mass is 10.2. The van der Waals surface area contributed by atoms with Gasteiger partial charge in [0.25, 0.3) is 0 Å². The van der Waals surface area contributed by atoms with E-state index < -0.39 is 23.9 Å². The van der Waals surface area contributed by atoms with Crippen LogP contribution in [0.25, 0.3) is 0 Å². The Morgan fingerprint density at radius 3 is 2.47 bits per heavy atom. The monoisotopic (exact) mass is 252 g/mol. The summed E-state index contributed by atoms with van der Waals surface area (Å²) in [4.78, 5) is 11.2. The molecule has 0 atom stereocenters. The molecule has 1 aromatic rings. The van der Waals surface area contributed by atoms with Crippen molar-refractivity contribution in [2.75, 3.05) is 6.61 Å². The predicted octanol–water partition coefficient (Wildman–Crippen LogP) is 2.90. The van der Waals surface area contributed by atoms with E-state index in [0.717, 1.165) is 12.1 Å². The van der Waals surface area contributed by atoms with Crippen molar-refractivity contribution >= 4 is 5.97 Å². The van der Waals surface area contributed by atoms with E-state index >= 15 is 0 Å². The molecule has 17 heavy (non-hydrogen) atoms. The number of alkyl halides is 3. The molecule has 0 amide bonds. The lowest BCUT2D eigenvalue weighted by Gasteiger charge is -2.10. The molecule has 0 unspecified atom stereocenters. The molecule has 0 aliphatic carbocycles. The molecule has 0 aliphatic rings. The molecule has 3 nitrogen and oxygen atoms in total. The maximum Gasteiger partial charge on any atom is 0.573 e. The van der Waals surface area contributed by atoms with E-state index in [1.807, 2.05) is 0 Å². The summed E-state index contributed by atoms with van der Waals surface area (Å²) >= 11 is 0. The molecule has 0 saturated heterocycles. The van der Waals surface area contributed by atoms with Gasteiger partial charge in [-0.1, -0.05) is 0 Å². The molecular weight excluding hydrogens is 244 g/mol. The number of rotatable bonds is 3. The highest BCUT2D eigenvalue weighted by Gasteiger charge is 2.31. The summed E-state index contributed by atoms with van der Waals surface area (Å²) in [6.07, 6.45) is -4.94. The SMILES string of the molecule is CCOC(=O)c1cc(F)cc(OC(F)(F)F)c1. The van der Waals surface area contributed by atoms with Crippen LogP contribution in [0.5, 0.6) is 5.75 Å². The van der Waals surface area contributed by atoms with Gasteiger partial charge in [0.1, 0.15) is 11.6 Å². The van der Waals surface area contributed by atoms with Crippen LogP contribution in [0.3, 0.4) is 0 Å². The van der Waals surface area contributed by atoms with Crippen LogP contribution < -0.4 is 4.74 Å². The van der Waals surface area contributed by atoms with Crippen molar-refractivity contribution in [3.63, 3.8) is 0 Å². The summed E-state index contributed by atoms with van der Waals surface area (Å²) in [5.74, 6) is -2.74. The van der Waals surface area contributed by atoms with Crippen LogP contribution in [0.15, 0.2) is 18.2 Å². The van der Waals surface area contributed by atoms with Gasteiger partial charge in [0.2, 0.25) is 0 Å². The van der Waals surface area contributed by atoms with Crippen LogP contribution in [0.4, 0.5) is 17.6 Å². The summed E-state index contributed by atoms with van der Waals surface area (Å²) in [7, 11) is 0. The van der Waals surface area contributed by atoms with E-state index in [9.17, 15) is 22.4 Å². The van der Waals surface area contributed by atoms with E-state index in [2.05, 4.69) is 9.47 Å². The Labute approximate surface area is 93.9 Å². The Hall–Kier alpha value is -1.79. The van der Waals surface area contributed by atoms with E-state index in [0.29, 0.717) is 6.07 Å². The molecule has 1 aromatic carbocycles. The fourth-order valence-corrected chi connectivity index (χ4v) is 1.09. The van der Waals surface area contributed by atoms with Crippen LogP contribution >= 0.6 is 0 Å². The van der Waals surface area contributed by atoms with Crippen molar-refractivity contribution in [2.45, 2.75) is 13.3 Å². The van der Waals surface area contributed by atoms with Crippen LogP contribution in [0.1, 0.15) is 17.3 Å². The van der Waals surface area contributed by atoms with Gasteiger partial charge in [0, 0.05) is 6.07 Å². The van der Waals surface area contributed by atoms with Gasteiger partial charge in [-0.15, -0.1) is 13.2 Å². The molecular formula is C10H8F4O3. The average Bonchev–Trinajstić information content (AvgIpc) is 2.14. The summed E-state index contributed by atoms with van der Waals surface area (Å²) < 4.78 is 56.7. The number of hydrogen-bond donors (Lipinski definition) is 0. The lowest BCUT2D eigenvalue weighted by Crippen LogP contribution is -2.17. The molecule has 94 valence electrons. The first-order chi connectivity index (χ1) is 7.81. The van der Waals surface area contributed by atoms with Crippen LogP contribution in [-0.4, -0.2) is 18.9 Å². The summed E-state index contributed by atoms with van der Waals surface area (Å²) in [6, 6.07) is 2.05. The number of carbonyl (C=O) groups excluding carboxylic acids is 1. The van der Waals surface area contributed by atoms with Crippen molar-refractivity contribution in [2.24, 2.45) is 0 Å². The third-order valence-electron chi connectivity index (χ3n) is 1.62. The molecule has 0 saturated carbocycles. The maximum atomic E-state index is 12.9. The maximum absolute atomic E-state index is 12.9. The minimum atomic E-state index is -4.94. The Morgan fingerprint density at radius 1 is 1.29 bits per heavy atom. The fourth-order valence-electron chi connectivity index (χ4n) is 1.09. The molecule has 0 spiro atoms. The van der Waals surface area contributed by atoms with Crippen molar-refractivity contribution in [3.05, 3.63) is 29.6 Å². The summed E-state index contributed by atoms with van der Waals surface area (Å²) in [5.41, 5.74) is -0.342. The highest BCUT2D eigenvalue weighted by Crippen LogP contribution is 2.24. The van der Waals surface area contributed by atoms with Gasteiger partial charge < -0.3 is 9.47 Å². The van der Waals surface area contributed by atoms with Gasteiger partial charge in [-0.05, 0) is 19.1 Å². The zero-order chi connectivity index (χ0) is 13.1. The second-order valence-electron chi connectivity index (χ2n) is 2.94. The number of benzene rings is 1. The molecule has 0 aromatic heterocycles. The number of carbonyl (C=O) groups is 1. The van der Waals surface area contributed by atoms with Gasteiger partial charge in [-0.25, -0.2) is 9.18 Å². The molecule has 0 bridgehead atoms. The van der Waals surface area contributed by atoms with E-state index in [4.69, 9.17) is 0 Å². The third kappa shape index (κ3) is 4.29. The van der Waals surface area contributed by atoms with Crippen LogP contribution in [0.2, 0.25) is 0 Å². The Bertz CT molecular complexity index is 415. The number of hydrogen-bond acceptors (Lipinski definition) is 3. The quantitative estimate of drug-likeness (QED) is 0.613. The Kier molecular flexibility index (Phi) is 3.93. The molecule has 0 fully saturated rings. The summed E-state index contributed by atoms with van der Waals surface area (Å²) in [6.45, 7) is 1.55. The minimum Gasteiger partial charge on any atom is -0.462 e. The van der Waals surface area contributed by atoms with E-state index in [1.54, 1.807) is 0 Å². The first kappa shape index (κ1) is 13.3. The van der Waals surface area contributed by atoms with Gasteiger partial charge in [0.15, 0.2) is 0 Å². The predicted molar refractivity (Wildman–Crippen MR) is 49.0 cm³/mol. The Balaban J connectivity index is 2.98. The lowest BCUT2D eigenvalue weighted by molar-refractivity contribution is -0.274. The molecule has 0 aliphatic heterocycles. The zero-order valence-corrected chi connectivity index (χ0v) is 8.68. The zero-order valence-electron chi connectivity index (χ0n) is 8.68. The second kappa shape index (κ2) is 5.03. The molecule has 7 heteroatoms. The van der Waals surface area contributed by atoms with Crippen molar-refractivity contribution in [3.8, 4) is 5.75 Å². The van der Waals surface area contributed by atoms with Gasteiger partial charge in [0.05, 0.1) is 12.2 Å². The van der Waals surface area contributed by atoms with Crippen LogP contribution in [0, 0.1) is 5.82 Å². The first-order valence-electron chi connectivity index (χ1n) is 4.55. The smallest absolute Gasteiger partial charge is 0.462 e. The highest BCUT2D eigenvalue weighted by molar-refractivity contribution is 5.89. The molecule has 1 rings (SSSR count). The standard InChI is InChI=1S/C10H8F4O3/c1-2-16-9(15)6-3-7(11)5-8(4-6)17-10(12,13)14/h3-5H,2H2,1H3. The van der Waals surface area contributed by atoms with Crippen LogP contribution in [-0.2, 0) is 4.74 Å². The number of ether oxygens (including phenoxy) is 2. The largest absolute Gasteiger partial charge is 0.573 e. The number of esters is 1. The summed E-state index contributed by atoms with van der Waals surface area (Å²) in [5, 5.41) is 0. The molecule has 0 radical (unpaired) electrons. The third-order valence-corrected chi connectivity index (χ3v) is 1.62. The van der Waals surface area contributed by atoms with Gasteiger partial charge >= 0.3 is 12.3 Å². The molecule has 0 heterocycles. The fraction of sp³-hybridized carbons (Fsp3) is 0.300. The second-order valence-corrected chi connectivity index (χ2v) is 2.94. The van der Waals surface area contributed by atoms with Crippen molar-refractivity contribution in [1.82, 2.24) is 0 Å². The van der Waals surface area contributed by atoms with Crippen molar-refractivity contribution < 1.29 is 31.8 Å². The Morgan fingerprint density at radius 2 is 1.94 bits per heavy atom. The highest BCUT2D eigenvalue weighted by atomic mass is 19.4. The average molecular weight is 252 g/mol. The minimum absolute atomic E-state index is 0.0325. The molecule has 0 N–H and O–H groups in total. The topological polar surface area (TPSA) is 35.5 Å². The van der Waals surface area contributed by atoms with Crippen molar-refractivity contribution in [1.29, 1.82) is 0 Å². The van der Waals surface area contributed by atoms with E-state index in [1.165, 1.54) is 6.92 Å². The van der Waals surface area contributed by atoms with E-state index in [-0.39, 0.29) is 12.2 Å². The first-order valence-corrected chi connectivity index (χ1v) is 4.55. The number of halogens is 4. The normalized spacial score (nSPS) is 11.1.